The van der Waals surface area contributed by atoms with E-state index in [0.717, 1.165) is 28.1 Å². The third kappa shape index (κ3) is 7.60. The number of hydrogen-bond acceptors (Lipinski definition) is 5. The molecular formula is C30H26F4N6O2S. The molecule has 1 aliphatic rings. The fraction of sp³-hybridized carbons (Fsp3) is 0.200. The summed E-state index contributed by atoms with van der Waals surface area (Å²) in [4.78, 5) is 23.0. The average molecular weight is 611 g/mol. The zero-order chi connectivity index (χ0) is 30.6. The molecule has 1 aliphatic heterocycles. The van der Waals surface area contributed by atoms with E-state index in [2.05, 4.69) is 25.1 Å². The topological polar surface area (TPSA) is 84.6 Å². The van der Waals surface area contributed by atoms with E-state index in [0.29, 0.717) is 23.2 Å². The first-order chi connectivity index (χ1) is 20.6. The lowest BCUT2D eigenvalue weighted by Crippen LogP contribution is -2.27. The van der Waals surface area contributed by atoms with Crippen LogP contribution in [0.15, 0.2) is 84.2 Å². The molecule has 0 bridgehead atoms. The normalized spacial score (nSPS) is 14.7. The van der Waals surface area contributed by atoms with E-state index >= 15 is 0 Å². The number of rotatable bonds is 7. The van der Waals surface area contributed by atoms with Crippen molar-refractivity contribution >= 4 is 34.7 Å². The predicted octanol–water partition coefficient (Wildman–Crippen LogP) is 7.39. The zero-order valence-electron chi connectivity index (χ0n) is 23.0. The van der Waals surface area contributed by atoms with Crippen LogP contribution in [-0.4, -0.2) is 44.6 Å². The minimum absolute atomic E-state index is 0.106. The summed E-state index contributed by atoms with van der Waals surface area (Å²) in [6, 6.07) is 16.7. The lowest BCUT2D eigenvalue weighted by atomic mass is 10.0. The molecule has 8 nitrogen and oxygen atoms in total. The van der Waals surface area contributed by atoms with Crippen molar-refractivity contribution in [2.24, 2.45) is 4.99 Å². The van der Waals surface area contributed by atoms with Crippen LogP contribution in [0.2, 0.25) is 0 Å². The van der Waals surface area contributed by atoms with Gasteiger partial charge < -0.3 is 15.0 Å². The van der Waals surface area contributed by atoms with E-state index in [-0.39, 0.29) is 17.5 Å². The Morgan fingerprint density at radius 3 is 2.53 bits per heavy atom. The van der Waals surface area contributed by atoms with Crippen LogP contribution in [0, 0.1) is 5.82 Å². The largest absolute Gasteiger partial charge is 0.573 e. The van der Waals surface area contributed by atoms with Gasteiger partial charge in [-0.05, 0) is 65.6 Å². The van der Waals surface area contributed by atoms with E-state index < -0.39 is 12.4 Å². The highest BCUT2D eigenvalue weighted by Crippen LogP contribution is 2.33. The molecule has 0 atom stereocenters. The third-order valence-electron chi connectivity index (χ3n) is 6.35. The maximum atomic E-state index is 13.8. The smallest absolute Gasteiger partial charge is 0.406 e. The Hall–Kier alpha value is -4.65. The van der Waals surface area contributed by atoms with Crippen molar-refractivity contribution in [3.63, 3.8) is 0 Å². The molecule has 0 saturated carbocycles. The first-order valence-electron chi connectivity index (χ1n) is 13.2. The number of aromatic nitrogens is 3. The van der Waals surface area contributed by atoms with E-state index in [1.807, 2.05) is 43.0 Å². The molecule has 2 amide bonds. The lowest BCUT2D eigenvalue weighted by Gasteiger charge is -2.23. The van der Waals surface area contributed by atoms with Gasteiger partial charge in [0.05, 0.1) is 5.69 Å². The molecule has 43 heavy (non-hydrogen) atoms. The second-order valence-corrected chi connectivity index (χ2v) is 10.8. The maximum absolute atomic E-state index is 13.8. The lowest BCUT2D eigenvalue weighted by molar-refractivity contribution is -0.274. The summed E-state index contributed by atoms with van der Waals surface area (Å²) in [7, 11) is 0. The summed E-state index contributed by atoms with van der Waals surface area (Å²) in [6.07, 6.45) is -0.0793. The number of amidine groups is 1. The van der Waals surface area contributed by atoms with E-state index in [1.165, 1.54) is 65.4 Å². The zero-order valence-corrected chi connectivity index (χ0v) is 23.9. The van der Waals surface area contributed by atoms with Gasteiger partial charge in [-0.2, -0.15) is 4.99 Å². The Morgan fingerprint density at radius 2 is 1.84 bits per heavy atom. The molecule has 2 heterocycles. The Morgan fingerprint density at radius 1 is 1.09 bits per heavy atom. The number of alkyl halides is 3. The van der Waals surface area contributed by atoms with Crippen molar-refractivity contribution in [2.45, 2.75) is 26.1 Å². The van der Waals surface area contributed by atoms with Gasteiger partial charge in [-0.25, -0.2) is 18.9 Å². The summed E-state index contributed by atoms with van der Waals surface area (Å²) < 4.78 is 56.3. The molecule has 5 rings (SSSR count). The van der Waals surface area contributed by atoms with Gasteiger partial charge in [-0.3, -0.25) is 0 Å². The summed E-state index contributed by atoms with van der Waals surface area (Å²) in [5, 5.41) is 7.61. The number of anilines is 1. The number of ether oxygens (including phenoxy) is 1. The van der Waals surface area contributed by atoms with Crippen LogP contribution < -0.4 is 15.0 Å². The number of aliphatic imine (C=N–C) groups is 1. The standard InChI is InChI=1S/C30H26F4N6O2S/c1-19(2)25-17-22(31)7-12-26(25)39-15-16-43-29(39)37-28(41)35-14-13-20-3-5-21(6-4-20)27-36-18-40(38-27)23-8-10-24(11-9-23)42-30(32,33)34/h3-14,17-19H,15-16H2,1-2H3,(H,35,41)/b14-13+,37-29-. The molecule has 4 aromatic rings. The summed E-state index contributed by atoms with van der Waals surface area (Å²) in [5.74, 6) is 0.671. The summed E-state index contributed by atoms with van der Waals surface area (Å²) >= 11 is 1.47. The number of nitrogens with one attached hydrogen (secondary N) is 1. The van der Waals surface area contributed by atoms with Gasteiger partial charge in [0.2, 0.25) is 0 Å². The van der Waals surface area contributed by atoms with Crippen LogP contribution in [0.1, 0.15) is 30.9 Å². The molecule has 0 unspecified atom stereocenters. The third-order valence-corrected chi connectivity index (χ3v) is 7.31. The summed E-state index contributed by atoms with van der Waals surface area (Å²) in [5.41, 5.74) is 3.75. The number of hydrogen-bond donors (Lipinski definition) is 1. The van der Waals surface area contributed by atoms with Crippen LogP contribution in [0.3, 0.4) is 0 Å². The van der Waals surface area contributed by atoms with Crippen LogP contribution >= 0.6 is 11.8 Å². The van der Waals surface area contributed by atoms with Crippen molar-refractivity contribution in [1.82, 2.24) is 20.1 Å². The highest BCUT2D eigenvalue weighted by Gasteiger charge is 2.31. The van der Waals surface area contributed by atoms with Crippen LogP contribution in [0.5, 0.6) is 5.75 Å². The van der Waals surface area contributed by atoms with Crippen LogP contribution in [-0.2, 0) is 0 Å². The first-order valence-corrected chi connectivity index (χ1v) is 14.2. The monoisotopic (exact) mass is 610 g/mol. The molecule has 1 N–H and O–H groups in total. The number of carbonyl (C=O) groups is 1. The van der Waals surface area contributed by atoms with Crippen LogP contribution in [0.25, 0.3) is 23.2 Å². The number of urea groups is 1. The molecule has 13 heteroatoms. The highest BCUT2D eigenvalue weighted by atomic mass is 32.2. The minimum Gasteiger partial charge on any atom is -0.406 e. The maximum Gasteiger partial charge on any atom is 0.573 e. The molecule has 0 aliphatic carbocycles. The van der Waals surface area contributed by atoms with Gasteiger partial charge >= 0.3 is 12.4 Å². The minimum atomic E-state index is -4.76. The molecular weight excluding hydrogens is 584 g/mol. The van der Waals surface area contributed by atoms with Gasteiger partial charge in [0.1, 0.15) is 17.9 Å². The predicted molar refractivity (Wildman–Crippen MR) is 159 cm³/mol. The number of thioether (sulfide) groups is 1. The highest BCUT2D eigenvalue weighted by molar-refractivity contribution is 8.14. The Balaban J connectivity index is 1.19. The molecule has 222 valence electrons. The molecule has 0 radical (unpaired) electrons. The fourth-order valence-electron chi connectivity index (χ4n) is 4.34. The molecule has 1 fully saturated rings. The van der Waals surface area contributed by atoms with Gasteiger partial charge in [0.25, 0.3) is 0 Å². The van der Waals surface area contributed by atoms with Crippen LogP contribution in [0.4, 0.5) is 28.0 Å². The van der Waals surface area contributed by atoms with Crippen molar-refractivity contribution in [1.29, 1.82) is 0 Å². The molecule has 1 saturated heterocycles. The molecule has 3 aromatic carbocycles. The number of halogens is 4. The Bertz CT molecular complexity index is 1650. The second-order valence-electron chi connectivity index (χ2n) is 9.71. The van der Waals surface area contributed by atoms with Crippen molar-refractivity contribution in [3.8, 4) is 22.8 Å². The van der Waals surface area contributed by atoms with E-state index in [9.17, 15) is 22.4 Å². The number of benzene rings is 3. The SMILES string of the molecule is CC(C)c1cc(F)ccc1N1CCS/C1=N\C(=O)N/C=C/c1ccc(-c2ncn(-c3ccc(OC(F)(F)F)cc3)n2)cc1. The molecule has 0 spiro atoms. The van der Waals surface area contributed by atoms with Crippen molar-refractivity contribution in [2.75, 3.05) is 17.2 Å². The quantitative estimate of drug-likeness (QED) is 0.220. The summed E-state index contributed by atoms with van der Waals surface area (Å²) in [6.45, 7) is 4.66. The number of amides is 2. The number of carbonyl (C=O) groups excluding carboxylic acids is 1. The fourth-order valence-corrected chi connectivity index (χ4v) is 5.29. The van der Waals surface area contributed by atoms with Crippen molar-refractivity contribution < 1.29 is 27.1 Å². The van der Waals surface area contributed by atoms with E-state index in [4.69, 9.17) is 0 Å². The van der Waals surface area contributed by atoms with Gasteiger partial charge in [-0.1, -0.05) is 49.9 Å². The Kier molecular flexibility index (Phi) is 8.81. The average Bonchev–Trinajstić information content (AvgIpc) is 3.63. The van der Waals surface area contributed by atoms with E-state index in [1.54, 1.807) is 12.1 Å². The van der Waals surface area contributed by atoms with Gasteiger partial charge in [0, 0.05) is 29.7 Å². The van der Waals surface area contributed by atoms with Crippen molar-refractivity contribution in [3.05, 3.63) is 96.2 Å². The second kappa shape index (κ2) is 12.7. The van der Waals surface area contributed by atoms with Gasteiger partial charge in [0.15, 0.2) is 11.0 Å². The molecule has 1 aromatic heterocycles. The first kappa shape index (κ1) is 29.8. The Labute approximate surface area is 249 Å². The number of nitrogens with zero attached hydrogens (tertiary/aromatic N) is 5. The van der Waals surface area contributed by atoms with Gasteiger partial charge in [-0.15, -0.1) is 18.3 Å².